The Morgan fingerprint density at radius 3 is 2.52 bits per heavy atom. The summed E-state index contributed by atoms with van der Waals surface area (Å²) in [6.45, 7) is 0. The van der Waals surface area contributed by atoms with Crippen molar-refractivity contribution in [2.75, 3.05) is 12.1 Å². The molecule has 0 bridgehead atoms. The lowest BCUT2D eigenvalue weighted by molar-refractivity contribution is -0.118. The Bertz CT molecular complexity index is 1140. The van der Waals surface area contributed by atoms with Crippen molar-refractivity contribution in [3.05, 3.63) is 90.0 Å². The largest absolute Gasteiger partial charge is 0.497 e. The Balaban J connectivity index is 1.69. The van der Waals surface area contributed by atoms with E-state index in [4.69, 9.17) is 4.74 Å². The zero-order valence-corrected chi connectivity index (χ0v) is 16.7. The number of methoxy groups -OCH3 is 1. The number of ether oxygens (including phenoxy) is 1. The predicted molar refractivity (Wildman–Crippen MR) is 118 cm³/mol. The molecule has 144 valence electrons. The van der Waals surface area contributed by atoms with Crippen molar-refractivity contribution in [3.8, 4) is 5.75 Å². The van der Waals surface area contributed by atoms with Crippen molar-refractivity contribution in [3.63, 3.8) is 0 Å². The summed E-state index contributed by atoms with van der Waals surface area (Å²) in [6.07, 6.45) is 1.92. The van der Waals surface area contributed by atoms with E-state index in [1.807, 2.05) is 78.9 Å². The Kier molecular flexibility index (Phi) is 5.63. The van der Waals surface area contributed by atoms with Gasteiger partial charge in [0.1, 0.15) is 5.75 Å². The van der Waals surface area contributed by atoms with E-state index in [1.165, 1.54) is 16.3 Å². The quantitative estimate of drug-likeness (QED) is 0.341. The molecule has 0 aliphatic heterocycles. The summed E-state index contributed by atoms with van der Waals surface area (Å²) in [5, 5.41) is 6.39. The highest BCUT2D eigenvalue weighted by molar-refractivity contribution is 7.22. The molecule has 1 heterocycles. The molecule has 0 spiro atoms. The first-order valence-electron chi connectivity index (χ1n) is 9.13. The van der Waals surface area contributed by atoms with Crippen molar-refractivity contribution in [2.45, 2.75) is 6.42 Å². The number of rotatable bonds is 6. The number of thiazole rings is 1. The van der Waals surface area contributed by atoms with Crippen LogP contribution in [0, 0.1) is 0 Å². The molecule has 0 saturated heterocycles. The number of anilines is 1. The maximum absolute atomic E-state index is 13.1. The smallest absolute Gasteiger partial charge is 0.253 e. The van der Waals surface area contributed by atoms with Crippen LogP contribution < -0.4 is 9.75 Å². The van der Waals surface area contributed by atoms with E-state index in [1.54, 1.807) is 13.3 Å². The fourth-order valence-corrected chi connectivity index (χ4v) is 3.81. The Labute approximate surface area is 172 Å². The highest BCUT2D eigenvalue weighted by Gasteiger charge is 2.20. The van der Waals surface area contributed by atoms with Gasteiger partial charge in [-0.3, -0.25) is 4.79 Å². The molecule has 1 amide bonds. The van der Waals surface area contributed by atoms with Gasteiger partial charge in [0.15, 0.2) is 0 Å². The Morgan fingerprint density at radius 1 is 1.07 bits per heavy atom. The van der Waals surface area contributed by atoms with Crippen LogP contribution in [0.5, 0.6) is 5.75 Å². The van der Waals surface area contributed by atoms with Crippen LogP contribution in [0.4, 0.5) is 5.13 Å². The number of carbonyl (C=O) groups excluding carboxylic acids is 1. The van der Waals surface area contributed by atoms with E-state index in [-0.39, 0.29) is 12.3 Å². The average molecular weight is 401 g/mol. The molecule has 1 aromatic heterocycles. The van der Waals surface area contributed by atoms with Crippen LogP contribution in [0.25, 0.3) is 10.2 Å². The van der Waals surface area contributed by atoms with E-state index < -0.39 is 0 Å². The van der Waals surface area contributed by atoms with Gasteiger partial charge in [0, 0.05) is 0 Å². The van der Waals surface area contributed by atoms with E-state index >= 15 is 0 Å². The molecule has 6 heteroatoms. The lowest BCUT2D eigenvalue weighted by Gasteiger charge is -2.13. The van der Waals surface area contributed by atoms with Crippen LogP contribution in [0.1, 0.15) is 11.1 Å². The van der Waals surface area contributed by atoms with Gasteiger partial charge in [0.2, 0.25) is 5.13 Å². The molecule has 0 radical (unpaired) electrons. The topological polar surface area (TPSA) is 54.8 Å². The number of hydrogen-bond donors (Lipinski definition) is 0. The fourth-order valence-electron chi connectivity index (χ4n) is 2.84. The highest BCUT2D eigenvalue weighted by atomic mass is 32.1. The Hall–Kier alpha value is -3.51. The third-order valence-corrected chi connectivity index (χ3v) is 5.32. The van der Waals surface area contributed by atoms with Gasteiger partial charge in [-0.25, -0.2) is 4.98 Å². The molecule has 5 nitrogen and oxygen atoms in total. The summed E-state index contributed by atoms with van der Waals surface area (Å²) in [4.78, 5) is 17.7. The van der Waals surface area contributed by atoms with E-state index in [9.17, 15) is 4.79 Å². The number of hydrazone groups is 1. The fraction of sp³-hybridized carbons (Fsp3) is 0.0870. The summed E-state index contributed by atoms with van der Waals surface area (Å²) < 4.78 is 6.23. The molecule has 0 aliphatic carbocycles. The van der Waals surface area contributed by atoms with Crippen molar-refractivity contribution in [1.82, 2.24) is 4.98 Å². The van der Waals surface area contributed by atoms with Crippen molar-refractivity contribution in [1.29, 1.82) is 0 Å². The van der Waals surface area contributed by atoms with Crippen LogP contribution >= 0.6 is 11.3 Å². The monoisotopic (exact) mass is 401 g/mol. The zero-order chi connectivity index (χ0) is 20.1. The van der Waals surface area contributed by atoms with Gasteiger partial charge in [-0.2, -0.15) is 10.1 Å². The molecule has 0 fully saturated rings. The maximum Gasteiger partial charge on any atom is 0.253 e. The Morgan fingerprint density at radius 2 is 1.79 bits per heavy atom. The van der Waals surface area contributed by atoms with Crippen molar-refractivity contribution >= 4 is 38.8 Å². The lowest BCUT2D eigenvalue weighted by atomic mass is 10.1. The minimum Gasteiger partial charge on any atom is -0.497 e. The first kappa shape index (κ1) is 18.8. The summed E-state index contributed by atoms with van der Waals surface area (Å²) >= 11 is 1.41. The minimum absolute atomic E-state index is 0.144. The van der Waals surface area contributed by atoms with E-state index in [2.05, 4.69) is 10.1 Å². The molecule has 0 saturated carbocycles. The minimum atomic E-state index is -0.144. The van der Waals surface area contributed by atoms with E-state index in [0.717, 1.165) is 27.1 Å². The normalized spacial score (nSPS) is 11.1. The average Bonchev–Trinajstić information content (AvgIpc) is 3.18. The number of amides is 1. The molecule has 3 aromatic carbocycles. The molecule has 0 aliphatic rings. The summed E-state index contributed by atoms with van der Waals surface area (Å²) in [5.41, 5.74) is 2.64. The number of fused-ring (bicyclic) bond motifs is 1. The van der Waals surface area contributed by atoms with Crippen LogP contribution in [0.2, 0.25) is 0 Å². The second-order valence-electron chi connectivity index (χ2n) is 6.35. The van der Waals surface area contributed by atoms with Crippen molar-refractivity contribution < 1.29 is 9.53 Å². The number of hydrogen-bond acceptors (Lipinski definition) is 5. The molecular formula is C23H19N3O2S. The number of carbonyl (C=O) groups is 1. The van der Waals surface area contributed by atoms with Gasteiger partial charge < -0.3 is 4.74 Å². The maximum atomic E-state index is 13.1. The molecular weight excluding hydrogens is 382 g/mol. The summed E-state index contributed by atoms with van der Waals surface area (Å²) in [7, 11) is 1.63. The highest BCUT2D eigenvalue weighted by Crippen LogP contribution is 2.32. The van der Waals surface area contributed by atoms with Crippen LogP contribution in [-0.4, -0.2) is 24.2 Å². The van der Waals surface area contributed by atoms with Gasteiger partial charge in [0.05, 0.1) is 30.0 Å². The first-order chi connectivity index (χ1) is 14.2. The van der Waals surface area contributed by atoms with Gasteiger partial charge in [-0.1, -0.05) is 72.0 Å². The van der Waals surface area contributed by atoms with Crippen LogP contribution in [0.15, 0.2) is 84.0 Å². The number of benzene rings is 3. The molecule has 4 aromatic rings. The van der Waals surface area contributed by atoms with Gasteiger partial charge >= 0.3 is 0 Å². The van der Waals surface area contributed by atoms with Gasteiger partial charge in [-0.15, -0.1) is 0 Å². The van der Waals surface area contributed by atoms with Gasteiger partial charge in [-0.05, 0) is 29.3 Å². The molecule has 4 rings (SSSR count). The van der Waals surface area contributed by atoms with Crippen molar-refractivity contribution in [2.24, 2.45) is 5.10 Å². The van der Waals surface area contributed by atoms with Gasteiger partial charge in [0.25, 0.3) is 5.91 Å². The second kappa shape index (κ2) is 8.67. The SMILES string of the molecule is COc1ccc2nc(N(/N=C/c3ccccc3)C(=O)Cc3ccccc3)sc2c1. The lowest BCUT2D eigenvalue weighted by Crippen LogP contribution is -2.27. The molecule has 0 unspecified atom stereocenters. The summed E-state index contributed by atoms with van der Waals surface area (Å²) in [5.74, 6) is 0.608. The third kappa shape index (κ3) is 4.50. The second-order valence-corrected chi connectivity index (χ2v) is 7.36. The summed E-state index contributed by atoms with van der Waals surface area (Å²) in [6, 6.07) is 25.0. The number of aromatic nitrogens is 1. The predicted octanol–water partition coefficient (Wildman–Crippen LogP) is 4.91. The zero-order valence-electron chi connectivity index (χ0n) is 15.9. The van der Waals surface area contributed by atoms with Crippen LogP contribution in [-0.2, 0) is 11.2 Å². The number of nitrogens with zero attached hydrogens (tertiary/aromatic N) is 3. The first-order valence-corrected chi connectivity index (χ1v) is 9.95. The molecule has 29 heavy (non-hydrogen) atoms. The standard InChI is InChI=1S/C23H19N3O2S/c1-28-19-12-13-20-21(15-19)29-23(25-20)26(24-16-18-10-6-3-7-11-18)22(27)14-17-8-4-2-5-9-17/h2-13,15-16H,14H2,1H3/b24-16+. The third-order valence-electron chi connectivity index (χ3n) is 4.32. The van der Waals surface area contributed by atoms with Crippen LogP contribution in [0.3, 0.4) is 0 Å². The molecule has 0 N–H and O–H groups in total. The van der Waals surface area contributed by atoms with E-state index in [0.29, 0.717) is 5.13 Å². The molecule has 0 atom stereocenters.